The fourth-order valence-electron chi connectivity index (χ4n) is 2.36. The summed E-state index contributed by atoms with van der Waals surface area (Å²) in [6.07, 6.45) is -3.54. The Morgan fingerprint density at radius 3 is 2.46 bits per heavy atom. The predicted octanol–water partition coefficient (Wildman–Crippen LogP) is -1.12. The fourth-order valence-corrected chi connectivity index (χ4v) is 2.36. The Morgan fingerprint density at radius 2 is 1.83 bits per heavy atom. The molecular weight excluding hydrogens is 320 g/mol. The predicted molar refractivity (Wildman–Crippen MR) is 83.5 cm³/mol. The smallest absolute Gasteiger partial charge is 0.229 e. The van der Waals surface area contributed by atoms with Gasteiger partial charge < -0.3 is 39.7 Å². The van der Waals surface area contributed by atoms with Gasteiger partial charge in [0.2, 0.25) is 6.29 Å². The highest BCUT2D eigenvalue weighted by atomic mass is 16.7. The number of aliphatic hydroxyl groups excluding tert-OH is 5. The van der Waals surface area contributed by atoms with Crippen molar-refractivity contribution in [3.05, 3.63) is 29.8 Å². The molecule has 134 valence electrons. The summed E-state index contributed by atoms with van der Waals surface area (Å²) in [6, 6.07) is 4.94. The molecule has 2 rings (SSSR count). The Balaban J connectivity index is 2.18. The fraction of sp³-hybridized carbons (Fsp3) is 0.500. The Bertz CT molecular complexity index is 559. The molecule has 0 aromatic heterocycles. The molecule has 1 aromatic rings. The van der Waals surface area contributed by atoms with Gasteiger partial charge in [-0.25, -0.2) is 0 Å². The van der Waals surface area contributed by atoms with Crippen LogP contribution in [0.25, 0.3) is 6.08 Å². The standard InChI is InChI=1S/C16H22O8/c1-22-11-7-9(3-2-6-17)4-5-10(11)23-16-15(21)14(20)13(19)12(8-18)24-16/h2-5,7,12-21H,6,8H2,1H3/t12-,13-,14+,15-,16-/m1/s1. The summed E-state index contributed by atoms with van der Waals surface area (Å²) >= 11 is 0. The average Bonchev–Trinajstić information content (AvgIpc) is 2.61. The van der Waals surface area contributed by atoms with Crippen LogP contribution in [0.1, 0.15) is 5.56 Å². The monoisotopic (exact) mass is 342 g/mol. The minimum atomic E-state index is -1.52. The average molecular weight is 342 g/mol. The molecule has 0 bridgehead atoms. The van der Waals surface area contributed by atoms with E-state index in [0.717, 1.165) is 5.56 Å². The van der Waals surface area contributed by atoms with E-state index in [1.54, 1.807) is 30.4 Å². The van der Waals surface area contributed by atoms with E-state index in [0.29, 0.717) is 5.75 Å². The molecule has 24 heavy (non-hydrogen) atoms. The lowest BCUT2D eigenvalue weighted by Crippen LogP contribution is -2.60. The van der Waals surface area contributed by atoms with Crippen LogP contribution in [0, 0.1) is 0 Å². The lowest BCUT2D eigenvalue weighted by molar-refractivity contribution is -0.277. The van der Waals surface area contributed by atoms with Crippen LogP contribution in [0.2, 0.25) is 0 Å². The van der Waals surface area contributed by atoms with Crippen molar-refractivity contribution < 1.29 is 39.7 Å². The minimum Gasteiger partial charge on any atom is -0.493 e. The van der Waals surface area contributed by atoms with Crippen LogP contribution in [-0.2, 0) is 4.74 Å². The van der Waals surface area contributed by atoms with E-state index in [-0.39, 0.29) is 12.4 Å². The van der Waals surface area contributed by atoms with Gasteiger partial charge in [-0.1, -0.05) is 18.2 Å². The van der Waals surface area contributed by atoms with Gasteiger partial charge in [0.05, 0.1) is 20.3 Å². The number of methoxy groups -OCH3 is 1. The van der Waals surface area contributed by atoms with Crippen LogP contribution in [0.15, 0.2) is 24.3 Å². The quantitative estimate of drug-likeness (QED) is 0.440. The molecule has 0 aliphatic carbocycles. The molecule has 5 N–H and O–H groups in total. The Morgan fingerprint density at radius 1 is 1.08 bits per heavy atom. The molecule has 1 fully saturated rings. The van der Waals surface area contributed by atoms with Crippen molar-refractivity contribution in [3.8, 4) is 11.5 Å². The van der Waals surface area contributed by atoms with E-state index >= 15 is 0 Å². The van der Waals surface area contributed by atoms with E-state index < -0.39 is 37.3 Å². The molecule has 8 nitrogen and oxygen atoms in total. The summed E-state index contributed by atoms with van der Waals surface area (Å²) in [7, 11) is 1.44. The summed E-state index contributed by atoms with van der Waals surface area (Å²) in [5, 5.41) is 47.5. The molecule has 1 saturated heterocycles. The second-order valence-electron chi connectivity index (χ2n) is 5.31. The topological polar surface area (TPSA) is 129 Å². The second kappa shape index (κ2) is 8.43. The largest absolute Gasteiger partial charge is 0.493 e. The van der Waals surface area contributed by atoms with Gasteiger partial charge in [-0.3, -0.25) is 0 Å². The van der Waals surface area contributed by atoms with Crippen LogP contribution < -0.4 is 9.47 Å². The molecule has 1 aliphatic heterocycles. The number of rotatable bonds is 6. The van der Waals surface area contributed by atoms with Crippen molar-refractivity contribution in [1.82, 2.24) is 0 Å². The molecule has 0 saturated carbocycles. The molecule has 1 heterocycles. The summed E-state index contributed by atoms with van der Waals surface area (Å²) in [4.78, 5) is 0. The van der Waals surface area contributed by atoms with Crippen molar-refractivity contribution in [3.63, 3.8) is 0 Å². The third-order valence-corrected chi connectivity index (χ3v) is 3.69. The molecule has 0 radical (unpaired) electrons. The first-order chi connectivity index (χ1) is 11.5. The van der Waals surface area contributed by atoms with Gasteiger partial charge in [0.15, 0.2) is 11.5 Å². The minimum absolute atomic E-state index is 0.0918. The first kappa shape index (κ1) is 18.7. The highest BCUT2D eigenvalue weighted by Crippen LogP contribution is 2.32. The van der Waals surface area contributed by atoms with E-state index in [2.05, 4.69) is 0 Å². The molecule has 1 aliphatic rings. The maximum Gasteiger partial charge on any atom is 0.229 e. The van der Waals surface area contributed by atoms with Gasteiger partial charge in [-0.05, 0) is 17.7 Å². The van der Waals surface area contributed by atoms with Crippen molar-refractivity contribution in [2.75, 3.05) is 20.3 Å². The molecule has 8 heteroatoms. The van der Waals surface area contributed by atoms with E-state index in [1.807, 2.05) is 0 Å². The van der Waals surface area contributed by atoms with Gasteiger partial charge in [0, 0.05) is 0 Å². The van der Waals surface area contributed by atoms with Crippen LogP contribution >= 0.6 is 0 Å². The summed E-state index contributed by atoms with van der Waals surface area (Å²) in [5.41, 5.74) is 0.766. The summed E-state index contributed by atoms with van der Waals surface area (Å²) < 4.78 is 16.1. The van der Waals surface area contributed by atoms with Crippen molar-refractivity contribution in [1.29, 1.82) is 0 Å². The molecule has 0 amide bonds. The molecule has 1 aromatic carbocycles. The highest BCUT2D eigenvalue weighted by Gasteiger charge is 2.44. The first-order valence-electron chi connectivity index (χ1n) is 7.44. The van der Waals surface area contributed by atoms with Gasteiger partial charge in [-0.15, -0.1) is 0 Å². The second-order valence-corrected chi connectivity index (χ2v) is 5.31. The first-order valence-corrected chi connectivity index (χ1v) is 7.44. The Kier molecular flexibility index (Phi) is 6.55. The Hall–Kier alpha value is -1.68. The van der Waals surface area contributed by atoms with Gasteiger partial charge >= 0.3 is 0 Å². The van der Waals surface area contributed by atoms with Crippen LogP contribution in [0.5, 0.6) is 11.5 Å². The summed E-state index contributed by atoms with van der Waals surface area (Å²) in [6.45, 7) is -0.627. The van der Waals surface area contributed by atoms with Gasteiger partial charge in [0.25, 0.3) is 0 Å². The SMILES string of the molecule is COc1cc(C=CCO)ccc1O[C@@H]1O[C@H](CO)[C@@H](O)[C@H](O)[C@H]1O. The van der Waals surface area contributed by atoms with E-state index in [4.69, 9.17) is 19.3 Å². The lowest BCUT2D eigenvalue weighted by Gasteiger charge is -2.39. The maximum absolute atomic E-state index is 10.00. The molecule has 0 spiro atoms. The molecule has 5 atom stereocenters. The third-order valence-electron chi connectivity index (χ3n) is 3.69. The highest BCUT2D eigenvalue weighted by molar-refractivity contribution is 5.55. The van der Waals surface area contributed by atoms with Crippen molar-refractivity contribution in [2.24, 2.45) is 0 Å². The lowest BCUT2D eigenvalue weighted by atomic mass is 9.99. The normalized spacial score (nSPS) is 30.5. The van der Waals surface area contributed by atoms with E-state index in [1.165, 1.54) is 7.11 Å². The van der Waals surface area contributed by atoms with Gasteiger partial charge in [-0.2, -0.15) is 0 Å². The van der Waals surface area contributed by atoms with Crippen LogP contribution in [-0.4, -0.2) is 76.6 Å². The zero-order valence-corrected chi connectivity index (χ0v) is 13.1. The molecule has 0 unspecified atom stereocenters. The van der Waals surface area contributed by atoms with Crippen LogP contribution in [0.4, 0.5) is 0 Å². The maximum atomic E-state index is 10.00. The Labute approximate surface area is 139 Å². The number of ether oxygens (including phenoxy) is 3. The van der Waals surface area contributed by atoms with Crippen molar-refractivity contribution in [2.45, 2.75) is 30.7 Å². The zero-order chi connectivity index (χ0) is 17.7. The molecular formula is C16H22O8. The van der Waals surface area contributed by atoms with Gasteiger partial charge in [0.1, 0.15) is 24.4 Å². The van der Waals surface area contributed by atoms with Crippen LogP contribution in [0.3, 0.4) is 0 Å². The third kappa shape index (κ3) is 4.04. The summed E-state index contributed by atoms with van der Waals surface area (Å²) in [5.74, 6) is 0.607. The number of hydrogen-bond donors (Lipinski definition) is 5. The van der Waals surface area contributed by atoms with Crippen molar-refractivity contribution >= 4 is 6.08 Å². The number of benzene rings is 1. The number of hydrogen-bond acceptors (Lipinski definition) is 8. The van der Waals surface area contributed by atoms with E-state index in [9.17, 15) is 20.4 Å². The zero-order valence-electron chi connectivity index (χ0n) is 13.1. The number of aliphatic hydroxyl groups is 5.